The van der Waals surface area contributed by atoms with Crippen molar-refractivity contribution < 1.29 is 9.53 Å². The first-order valence-electron chi connectivity index (χ1n) is 11.0. The molecule has 0 saturated carbocycles. The molecule has 3 aromatic rings. The summed E-state index contributed by atoms with van der Waals surface area (Å²) >= 11 is 0. The van der Waals surface area contributed by atoms with Gasteiger partial charge in [-0.15, -0.1) is 0 Å². The predicted octanol–water partition coefficient (Wildman–Crippen LogP) is 3.33. The molecule has 7 heteroatoms. The van der Waals surface area contributed by atoms with Crippen LogP contribution in [0.3, 0.4) is 0 Å². The van der Waals surface area contributed by atoms with Crippen molar-refractivity contribution in [1.82, 2.24) is 19.4 Å². The van der Waals surface area contributed by atoms with E-state index in [1.54, 1.807) is 12.5 Å². The van der Waals surface area contributed by atoms with Crippen molar-refractivity contribution in [2.24, 2.45) is 0 Å². The number of rotatable bonds is 3. The third-order valence-corrected chi connectivity index (χ3v) is 6.93. The van der Waals surface area contributed by atoms with Gasteiger partial charge in [0, 0.05) is 50.6 Å². The van der Waals surface area contributed by atoms with Crippen LogP contribution in [-0.4, -0.2) is 50.3 Å². The molecular weight excluding hydrogens is 390 g/mol. The van der Waals surface area contributed by atoms with Gasteiger partial charge in [-0.3, -0.25) is 4.79 Å². The first kappa shape index (κ1) is 18.6. The molecule has 1 amide bonds. The molecule has 0 N–H and O–H groups in total. The number of carbonyl (C=O) groups is 1. The van der Waals surface area contributed by atoms with Gasteiger partial charge in [-0.1, -0.05) is 30.3 Å². The Morgan fingerprint density at radius 3 is 2.65 bits per heavy atom. The standard InChI is InChI=1S/C24H25N5O2/c30-23-24(31-22-7-6-20(29(22)23)18-4-2-1-3-5-18)9-13-27(14-10-24)21-16-19(8-11-26-21)28-15-12-25-17-28/h1-5,8,11-12,15-17,20,22H,6-7,9-10,13-14H2/t20-,22+/m0/s1. The van der Waals surface area contributed by atoms with Crippen molar-refractivity contribution in [2.45, 2.75) is 43.6 Å². The highest BCUT2D eigenvalue weighted by Crippen LogP contribution is 2.47. The minimum atomic E-state index is -0.684. The summed E-state index contributed by atoms with van der Waals surface area (Å²) < 4.78 is 8.43. The summed E-state index contributed by atoms with van der Waals surface area (Å²) in [5.41, 5.74) is 1.55. The molecule has 1 spiro atoms. The smallest absolute Gasteiger partial charge is 0.257 e. The molecule has 3 aliphatic rings. The lowest BCUT2D eigenvalue weighted by Gasteiger charge is -2.38. The maximum Gasteiger partial charge on any atom is 0.257 e. The average Bonchev–Trinajstić information content (AvgIpc) is 3.55. The Hall–Kier alpha value is -3.19. The molecule has 0 aliphatic carbocycles. The molecule has 0 unspecified atom stereocenters. The van der Waals surface area contributed by atoms with Crippen LogP contribution >= 0.6 is 0 Å². The molecule has 3 aliphatic heterocycles. The summed E-state index contributed by atoms with van der Waals surface area (Å²) in [6.07, 6.45) is 10.5. The lowest BCUT2D eigenvalue weighted by Crippen LogP contribution is -2.50. The number of anilines is 1. The molecular formula is C24H25N5O2. The number of nitrogens with zero attached hydrogens (tertiary/aromatic N) is 5. The number of hydrogen-bond donors (Lipinski definition) is 0. The molecule has 2 atom stereocenters. The van der Waals surface area contributed by atoms with Gasteiger partial charge in [0.05, 0.1) is 18.1 Å². The lowest BCUT2D eigenvalue weighted by molar-refractivity contribution is -0.140. The molecule has 0 bridgehead atoms. The Bertz CT molecular complexity index is 1080. The molecule has 3 fully saturated rings. The van der Waals surface area contributed by atoms with Crippen molar-refractivity contribution >= 4 is 11.7 Å². The molecule has 31 heavy (non-hydrogen) atoms. The number of amides is 1. The first-order valence-corrected chi connectivity index (χ1v) is 11.0. The van der Waals surface area contributed by atoms with Crippen LogP contribution in [0.5, 0.6) is 0 Å². The Morgan fingerprint density at radius 1 is 1.03 bits per heavy atom. The van der Waals surface area contributed by atoms with Gasteiger partial charge < -0.3 is 19.1 Å². The second-order valence-corrected chi connectivity index (χ2v) is 8.61. The Kier molecular flexibility index (Phi) is 4.31. The van der Waals surface area contributed by atoms with Crippen molar-refractivity contribution in [3.8, 4) is 5.69 Å². The van der Waals surface area contributed by atoms with Gasteiger partial charge in [-0.25, -0.2) is 9.97 Å². The second-order valence-electron chi connectivity index (χ2n) is 8.61. The SMILES string of the molecule is O=C1N2[C@@H](CC[C@H]2c2ccccc2)OC12CCN(c1cc(-n3ccnc3)ccn1)CC2. The van der Waals surface area contributed by atoms with Gasteiger partial charge in [0.1, 0.15) is 12.0 Å². The molecule has 0 radical (unpaired) electrons. The van der Waals surface area contributed by atoms with Crippen LogP contribution in [0.25, 0.3) is 5.69 Å². The fraction of sp³-hybridized carbons (Fsp3) is 0.375. The maximum atomic E-state index is 13.6. The van der Waals surface area contributed by atoms with E-state index >= 15 is 0 Å². The Balaban J connectivity index is 1.19. The van der Waals surface area contributed by atoms with Crippen molar-refractivity contribution in [1.29, 1.82) is 0 Å². The van der Waals surface area contributed by atoms with Crippen LogP contribution in [0.4, 0.5) is 5.82 Å². The number of fused-ring (bicyclic) bond motifs is 1. The molecule has 5 heterocycles. The van der Waals surface area contributed by atoms with E-state index in [9.17, 15) is 4.79 Å². The minimum Gasteiger partial charge on any atom is -0.356 e. The zero-order valence-electron chi connectivity index (χ0n) is 17.3. The third-order valence-electron chi connectivity index (χ3n) is 6.93. The quantitative estimate of drug-likeness (QED) is 0.657. The number of hydrogen-bond acceptors (Lipinski definition) is 5. The van der Waals surface area contributed by atoms with E-state index in [1.807, 2.05) is 46.1 Å². The van der Waals surface area contributed by atoms with Crippen molar-refractivity contribution in [3.05, 3.63) is 72.9 Å². The van der Waals surface area contributed by atoms with E-state index in [0.717, 1.165) is 37.4 Å². The van der Waals surface area contributed by atoms with Crippen molar-refractivity contribution in [3.63, 3.8) is 0 Å². The van der Waals surface area contributed by atoms with E-state index in [2.05, 4.69) is 33.1 Å². The van der Waals surface area contributed by atoms with Gasteiger partial charge in [0.25, 0.3) is 5.91 Å². The highest BCUT2D eigenvalue weighted by molar-refractivity contribution is 5.88. The zero-order valence-corrected chi connectivity index (χ0v) is 17.3. The monoisotopic (exact) mass is 415 g/mol. The number of ether oxygens (including phenoxy) is 1. The molecule has 1 aromatic carbocycles. The second kappa shape index (κ2) is 7.20. The third kappa shape index (κ3) is 3.03. The van der Waals surface area contributed by atoms with E-state index in [-0.39, 0.29) is 18.2 Å². The van der Waals surface area contributed by atoms with Gasteiger partial charge in [-0.2, -0.15) is 0 Å². The number of aromatic nitrogens is 3. The van der Waals surface area contributed by atoms with Crippen LogP contribution in [0.2, 0.25) is 0 Å². The van der Waals surface area contributed by atoms with Crippen molar-refractivity contribution in [2.75, 3.05) is 18.0 Å². The number of carbonyl (C=O) groups excluding carboxylic acids is 1. The molecule has 158 valence electrons. The van der Waals surface area contributed by atoms with Crippen LogP contribution in [0.15, 0.2) is 67.4 Å². The Labute approximate surface area is 181 Å². The number of imidazole rings is 1. The van der Waals surface area contributed by atoms with Crippen LogP contribution in [0.1, 0.15) is 37.3 Å². The van der Waals surface area contributed by atoms with Crippen LogP contribution in [0, 0.1) is 0 Å². The molecule has 2 aromatic heterocycles. The summed E-state index contributed by atoms with van der Waals surface area (Å²) in [5.74, 6) is 1.10. The van der Waals surface area contributed by atoms with Crippen LogP contribution < -0.4 is 4.90 Å². The minimum absolute atomic E-state index is 0.0908. The first-order chi connectivity index (χ1) is 15.2. The predicted molar refractivity (Wildman–Crippen MR) is 116 cm³/mol. The molecule has 3 saturated heterocycles. The Morgan fingerprint density at radius 2 is 1.87 bits per heavy atom. The largest absolute Gasteiger partial charge is 0.356 e. The maximum absolute atomic E-state index is 13.6. The fourth-order valence-electron chi connectivity index (χ4n) is 5.30. The van der Waals surface area contributed by atoms with Gasteiger partial charge in [0.15, 0.2) is 5.60 Å². The number of piperidine rings is 1. The fourth-order valence-corrected chi connectivity index (χ4v) is 5.30. The van der Waals surface area contributed by atoms with E-state index in [1.165, 1.54) is 5.56 Å². The van der Waals surface area contributed by atoms with E-state index in [4.69, 9.17) is 4.74 Å². The summed E-state index contributed by atoms with van der Waals surface area (Å²) in [7, 11) is 0. The van der Waals surface area contributed by atoms with Crippen LogP contribution in [-0.2, 0) is 9.53 Å². The van der Waals surface area contributed by atoms with Gasteiger partial charge >= 0.3 is 0 Å². The number of benzene rings is 1. The normalized spacial score (nSPS) is 24.7. The highest BCUT2D eigenvalue weighted by atomic mass is 16.6. The summed E-state index contributed by atoms with van der Waals surface area (Å²) in [6, 6.07) is 14.5. The number of pyridine rings is 1. The summed E-state index contributed by atoms with van der Waals surface area (Å²) in [6.45, 7) is 1.51. The lowest BCUT2D eigenvalue weighted by atomic mass is 9.89. The van der Waals surface area contributed by atoms with E-state index < -0.39 is 5.60 Å². The molecule has 7 nitrogen and oxygen atoms in total. The average molecular weight is 415 g/mol. The van der Waals surface area contributed by atoms with E-state index in [0.29, 0.717) is 12.8 Å². The summed E-state index contributed by atoms with van der Waals surface area (Å²) in [5, 5.41) is 0. The zero-order chi connectivity index (χ0) is 20.8. The van der Waals surface area contributed by atoms with Gasteiger partial charge in [0.2, 0.25) is 0 Å². The van der Waals surface area contributed by atoms with Gasteiger partial charge in [-0.05, 0) is 24.5 Å². The summed E-state index contributed by atoms with van der Waals surface area (Å²) in [4.78, 5) is 26.5. The highest BCUT2D eigenvalue weighted by Gasteiger charge is 2.57. The topological polar surface area (TPSA) is 63.5 Å². The molecule has 6 rings (SSSR count).